The van der Waals surface area contributed by atoms with E-state index in [1.807, 2.05) is 30.3 Å². The molecule has 2 aromatic heterocycles. The van der Waals surface area contributed by atoms with Crippen LogP contribution < -0.4 is 4.74 Å². The molecule has 1 N–H and O–H groups in total. The largest absolute Gasteiger partial charge is 0.494 e. The molecular weight excluding hydrogens is 350 g/mol. The fourth-order valence-electron chi connectivity index (χ4n) is 5.09. The lowest BCUT2D eigenvalue weighted by molar-refractivity contribution is -0.0108. The van der Waals surface area contributed by atoms with Gasteiger partial charge in [0.1, 0.15) is 16.9 Å². The van der Waals surface area contributed by atoms with Crippen molar-refractivity contribution in [3.63, 3.8) is 0 Å². The van der Waals surface area contributed by atoms with Gasteiger partial charge in [0.2, 0.25) is 0 Å². The molecule has 1 saturated carbocycles. The second kappa shape index (κ2) is 6.83. The number of nitrogens with zero attached hydrogens (tertiary/aromatic N) is 3. The molecule has 5 nitrogen and oxygen atoms in total. The minimum Gasteiger partial charge on any atom is -0.494 e. The number of likely N-dealkylation sites (tertiary alicyclic amines) is 1. The fraction of sp³-hybridized carbons (Fsp3) is 0.391. The van der Waals surface area contributed by atoms with Crippen molar-refractivity contribution in [3.8, 4) is 5.75 Å². The van der Waals surface area contributed by atoms with Gasteiger partial charge in [-0.25, -0.2) is 4.98 Å². The van der Waals surface area contributed by atoms with Gasteiger partial charge >= 0.3 is 0 Å². The smallest absolute Gasteiger partial charge is 0.145 e. The zero-order chi connectivity index (χ0) is 19.1. The van der Waals surface area contributed by atoms with Crippen LogP contribution >= 0.6 is 0 Å². The van der Waals surface area contributed by atoms with Crippen LogP contribution in [0.25, 0.3) is 10.9 Å². The Morgan fingerprint density at radius 3 is 2.89 bits per heavy atom. The van der Waals surface area contributed by atoms with E-state index in [0.717, 1.165) is 60.5 Å². The maximum atomic E-state index is 11.4. The highest BCUT2D eigenvalue weighted by molar-refractivity contribution is 5.84. The van der Waals surface area contributed by atoms with Crippen molar-refractivity contribution in [1.29, 1.82) is 0 Å². The van der Waals surface area contributed by atoms with Crippen molar-refractivity contribution in [2.45, 2.75) is 25.0 Å². The highest BCUT2D eigenvalue weighted by Gasteiger charge is 2.53. The van der Waals surface area contributed by atoms with Crippen LogP contribution in [-0.4, -0.2) is 40.2 Å². The fourth-order valence-corrected chi connectivity index (χ4v) is 5.09. The van der Waals surface area contributed by atoms with Crippen molar-refractivity contribution in [2.75, 3.05) is 20.2 Å². The number of para-hydroxylation sites is 1. The Morgan fingerprint density at radius 2 is 2.07 bits per heavy atom. The first kappa shape index (κ1) is 17.6. The summed E-state index contributed by atoms with van der Waals surface area (Å²) >= 11 is 0. The summed E-state index contributed by atoms with van der Waals surface area (Å²) < 4.78 is 5.47. The molecule has 3 heterocycles. The van der Waals surface area contributed by atoms with E-state index in [1.54, 1.807) is 13.3 Å². The van der Waals surface area contributed by atoms with Gasteiger partial charge in [0, 0.05) is 37.1 Å². The highest BCUT2D eigenvalue weighted by Crippen LogP contribution is 2.50. The summed E-state index contributed by atoms with van der Waals surface area (Å²) in [6, 6.07) is 16.0. The summed E-state index contributed by atoms with van der Waals surface area (Å²) in [6.45, 7) is 2.67. The summed E-state index contributed by atoms with van der Waals surface area (Å²) in [4.78, 5) is 11.7. The van der Waals surface area contributed by atoms with Gasteiger partial charge in [0.15, 0.2) is 0 Å². The van der Waals surface area contributed by atoms with Crippen molar-refractivity contribution in [2.24, 2.45) is 11.8 Å². The molecule has 0 amide bonds. The number of aromatic nitrogens is 2. The Balaban J connectivity index is 1.37. The molecule has 2 aliphatic rings. The summed E-state index contributed by atoms with van der Waals surface area (Å²) in [7, 11) is 1.68. The topological polar surface area (TPSA) is 58.5 Å². The van der Waals surface area contributed by atoms with Gasteiger partial charge in [-0.2, -0.15) is 0 Å². The predicted molar refractivity (Wildman–Crippen MR) is 108 cm³/mol. The van der Waals surface area contributed by atoms with Crippen LogP contribution in [0.5, 0.6) is 5.75 Å². The normalized spacial score (nSPS) is 27.2. The summed E-state index contributed by atoms with van der Waals surface area (Å²) in [5.74, 6) is 1.56. The van der Waals surface area contributed by atoms with Crippen molar-refractivity contribution < 1.29 is 9.84 Å². The van der Waals surface area contributed by atoms with Crippen LogP contribution in [0.15, 0.2) is 54.7 Å². The first-order chi connectivity index (χ1) is 13.7. The molecule has 28 heavy (non-hydrogen) atoms. The van der Waals surface area contributed by atoms with Crippen molar-refractivity contribution >= 4 is 10.9 Å². The van der Waals surface area contributed by atoms with Gasteiger partial charge in [-0.05, 0) is 43.0 Å². The maximum absolute atomic E-state index is 11.4. The molecule has 5 rings (SSSR count). The lowest BCUT2D eigenvalue weighted by Gasteiger charge is -2.29. The Labute approximate surface area is 165 Å². The number of aliphatic hydroxyl groups is 1. The molecule has 5 heteroatoms. The Kier molecular flexibility index (Phi) is 4.29. The third-order valence-corrected chi connectivity index (χ3v) is 6.48. The Bertz CT molecular complexity index is 994. The standard InChI is InChI=1S/C23H25N3O2/c1-28-20-6-4-5-16-8-9-18(25-22(16)20)14-26-13-17-10-11-23(27,19(17)15-26)21-7-2-3-12-24-21/h2-9,12,17,19,27H,10-11,13-15H2,1H3/t17-,19+,23-/m0/s1. The molecule has 0 spiro atoms. The molecule has 144 valence electrons. The molecule has 0 unspecified atom stereocenters. The van der Waals surface area contributed by atoms with E-state index in [4.69, 9.17) is 9.72 Å². The van der Waals surface area contributed by atoms with Crippen LogP contribution in [-0.2, 0) is 12.1 Å². The molecule has 1 aliphatic heterocycles. The molecule has 0 radical (unpaired) electrons. The first-order valence-electron chi connectivity index (χ1n) is 9.96. The van der Waals surface area contributed by atoms with Gasteiger partial charge < -0.3 is 9.84 Å². The highest BCUT2D eigenvalue weighted by atomic mass is 16.5. The van der Waals surface area contributed by atoms with Gasteiger partial charge in [-0.15, -0.1) is 0 Å². The maximum Gasteiger partial charge on any atom is 0.145 e. The number of fused-ring (bicyclic) bond motifs is 2. The van der Waals surface area contributed by atoms with E-state index in [-0.39, 0.29) is 5.92 Å². The van der Waals surface area contributed by atoms with E-state index >= 15 is 0 Å². The van der Waals surface area contributed by atoms with Crippen LogP contribution in [0.3, 0.4) is 0 Å². The molecule has 3 aromatic rings. The molecule has 1 aromatic carbocycles. The monoisotopic (exact) mass is 375 g/mol. The molecular formula is C23H25N3O2. The average Bonchev–Trinajstić information content (AvgIpc) is 3.28. The van der Waals surface area contributed by atoms with Crippen LogP contribution in [0.4, 0.5) is 0 Å². The summed E-state index contributed by atoms with van der Waals surface area (Å²) in [6.07, 6.45) is 3.63. The van der Waals surface area contributed by atoms with E-state index in [1.165, 1.54) is 0 Å². The summed E-state index contributed by atoms with van der Waals surface area (Å²) in [5.41, 5.74) is 1.96. The Morgan fingerprint density at radius 1 is 1.14 bits per heavy atom. The zero-order valence-electron chi connectivity index (χ0n) is 16.1. The molecule has 0 bridgehead atoms. The number of hydrogen-bond donors (Lipinski definition) is 1. The zero-order valence-corrected chi connectivity index (χ0v) is 16.1. The molecule has 2 fully saturated rings. The number of benzene rings is 1. The van der Waals surface area contributed by atoms with Gasteiger partial charge in [-0.1, -0.05) is 24.3 Å². The van der Waals surface area contributed by atoms with Gasteiger partial charge in [0.25, 0.3) is 0 Å². The third kappa shape index (κ3) is 2.86. The minimum atomic E-state index is -0.805. The number of ether oxygens (including phenoxy) is 1. The average molecular weight is 375 g/mol. The lowest BCUT2D eigenvalue weighted by atomic mass is 9.85. The SMILES string of the molecule is COc1cccc2ccc(CN3C[C@@H]4CC[C@@](O)(c5ccccn5)[C@@H]4C3)nc12. The molecule has 3 atom stereocenters. The minimum absolute atomic E-state index is 0.234. The van der Waals surface area contributed by atoms with E-state index < -0.39 is 5.60 Å². The quantitative estimate of drug-likeness (QED) is 0.758. The number of rotatable bonds is 4. The van der Waals surface area contributed by atoms with E-state index in [2.05, 4.69) is 28.1 Å². The van der Waals surface area contributed by atoms with E-state index in [9.17, 15) is 5.11 Å². The van der Waals surface area contributed by atoms with Crippen molar-refractivity contribution in [1.82, 2.24) is 14.9 Å². The van der Waals surface area contributed by atoms with Crippen LogP contribution in [0.2, 0.25) is 0 Å². The Hall–Kier alpha value is -2.50. The summed E-state index contributed by atoms with van der Waals surface area (Å²) in [5, 5.41) is 12.5. The van der Waals surface area contributed by atoms with E-state index in [0.29, 0.717) is 5.92 Å². The first-order valence-corrected chi connectivity index (χ1v) is 9.96. The lowest BCUT2D eigenvalue weighted by Crippen LogP contribution is -2.35. The second-order valence-electron chi connectivity index (χ2n) is 8.07. The number of methoxy groups -OCH3 is 1. The van der Waals surface area contributed by atoms with Crippen LogP contribution in [0.1, 0.15) is 24.2 Å². The molecule has 1 saturated heterocycles. The second-order valence-corrected chi connectivity index (χ2v) is 8.07. The molecule has 1 aliphatic carbocycles. The van der Waals surface area contributed by atoms with Gasteiger partial charge in [0.05, 0.1) is 18.5 Å². The number of hydrogen-bond acceptors (Lipinski definition) is 5. The number of pyridine rings is 2. The predicted octanol–water partition coefficient (Wildman–Crippen LogP) is 3.37. The third-order valence-electron chi connectivity index (χ3n) is 6.48. The van der Waals surface area contributed by atoms with Crippen LogP contribution in [0, 0.1) is 11.8 Å². The van der Waals surface area contributed by atoms with Crippen molar-refractivity contribution in [3.05, 3.63) is 66.1 Å². The van der Waals surface area contributed by atoms with Gasteiger partial charge in [-0.3, -0.25) is 9.88 Å².